The molecule has 0 bridgehead atoms. The van der Waals surface area contributed by atoms with Crippen molar-refractivity contribution in [3.05, 3.63) is 24.8 Å². The van der Waals surface area contributed by atoms with Crippen LogP contribution >= 0.6 is 0 Å². The van der Waals surface area contributed by atoms with E-state index in [0.717, 1.165) is 0 Å². The highest BCUT2D eigenvalue weighted by Gasteiger charge is 1.62. The zero-order valence-electron chi connectivity index (χ0n) is 6.45. The molecule has 0 fully saturated rings. The average molecular weight is 144 g/mol. The molecule has 0 heterocycles. The number of hydrogen-bond donors (Lipinski definition) is 2. The quantitative estimate of drug-likeness (QED) is 0.582. The highest BCUT2D eigenvalue weighted by molar-refractivity contribution is 4.74. The summed E-state index contributed by atoms with van der Waals surface area (Å²) >= 11 is 0. The molecular weight excluding hydrogens is 128 g/mol. The summed E-state index contributed by atoms with van der Waals surface area (Å²) in [6.45, 7) is 5.65. The van der Waals surface area contributed by atoms with Gasteiger partial charge in [-0.2, -0.15) is 0 Å². The molecule has 2 N–H and O–H groups in total. The third-order valence-corrected chi connectivity index (χ3v) is 0.674. The second-order valence-electron chi connectivity index (χ2n) is 1.55. The summed E-state index contributed by atoms with van der Waals surface area (Å²) in [6, 6.07) is 0. The molecule has 0 radical (unpaired) electrons. The first-order valence-corrected chi connectivity index (χ1v) is 3.27. The van der Waals surface area contributed by atoms with Crippen LogP contribution in [0.3, 0.4) is 0 Å². The second-order valence-corrected chi connectivity index (χ2v) is 1.55. The molecule has 0 unspecified atom stereocenters. The Morgan fingerprint density at radius 1 is 1.40 bits per heavy atom. The molecule has 0 atom stereocenters. The predicted molar refractivity (Wildman–Crippen MR) is 43.8 cm³/mol. The van der Waals surface area contributed by atoms with Crippen molar-refractivity contribution in [2.75, 3.05) is 13.2 Å². The summed E-state index contributed by atoms with van der Waals surface area (Å²) < 4.78 is 0. The Morgan fingerprint density at radius 3 is 2.00 bits per heavy atom. The minimum Gasteiger partial charge on any atom is -0.396 e. The molecule has 2 nitrogen and oxygen atoms in total. The largest absolute Gasteiger partial charge is 0.396 e. The van der Waals surface area contributed by atoms with E-state index in [-0.39, 0.29) is 13.2 Å². The first-order chi connectivity index (χ1) is 4.83. The van der Waals surface area contributed by atoms with Crippen LogP contribution in [0.15, 0.2) is 24.8 Å². The van der Waals surface area contributed by atoms with E-state index in [2.05, 4.69) is 6.58 Å². The van der Waals surface area contributed by atoms with Crippen LogP contribution < -0.4 is 0 Å². The second kappa shape index (κ2) is 15.8. The lowest BCUT2D eigenvalue weighted by Gasteiger charge is -1.73. The average Bonchev–Trinajstić information content (AvgIpc) is 1.93. The zero-order valence-corrected chi connectivity index (χ0v) is 6.45. The van der Waals surface area contributed by atoms with Crippen molar-refractivity contribution in [2.45, 2.75) is 13.3 Å². The van der Waals surface area contributed by atoms with Crippen LogP contribution in [0.25, 0.3) is 0 Å². The van der Waals surface area contributed by atoms with Gasteiger partial charge in [-0.1, -0.05) is 18.2 Å². The molecule has 0 saturated heterocycles. The maximum absolute atomic E-state index is 8.00. The van der Waals surface area contributed by atoms with Gasteiger partial charge in [-0.05, 0) is 13.3 Å². The van der Waals surface area contributed by atoms with Gasteiger partial charge >= 0.3 is 0 Å². The van der Waals surface area contributed by atoms with Crippen molar-refractivity contribution in [2.24, 2.45) is 0 Å². The Hall–Kier alpha value is -0.600. The highest BCUT2D eigenvalue weighted by Crippen LogP contribution is 1.69. The van der Waals surface area contributed by atoms with Crippen LogP contribution in [0.2, 0.25) is 0 Å². The minimum absolute atomic E-state index is 0.163. The molecule has 0 saturated carbocycles. The van der Waals surface area contributed by atoms with Crippen molar-refractivity contribution >= 4 is 0 Å². The van der Waals surface area contributed by atoms with E-state index < -0.39 is 0 Å². The van der Waals surface area contributed by atoms with Gasteiger partial charge in [0.2, 0.25) is 0 Å². The summed E-state index contributed by atoms with van der Waals surface area (Å²) in [6.07, 6.45) is 5.88. The van der Waals surface area contributed by atoms with Gasteiger partial charge in [0.25, 0.3) is 0 Å². The van der Waals surface area contributed by atoms with Crippen LogP contribution in [0, 0.1) is 0 Å². The molecule has 0 aliphatic rings. The fraction of sp³-hybridized carbons (Fsp3) is 0.500. The van der Waals surface area contributed by atoms with E-state index in [1.165, 1.54) is 0 Å². The monoisotopic (exact) mass is 144 g/mol. The molecule has 60 valence electrons. The van der Waals surface area contributed by atoms with Gasteiger partial charge in [-0.25, -0.2) is 0 Å². The van der Waals surface area contributed by atoms with E-state index in [1.807, 2.05) is 6.92 Å². The SMILES string of the molecule is C=CCCO.CC=CCO. The smallest absolute Gasteiger partial charge is 0.0612 e. The third kappa shape index (κ3) is 26.2. The Balaban J connectivity index is 0. The molecule has 0 aliphatic carbocycles. The van der Waals surface area contributed by atoms with Gasteiger partial charge in [0, 0.05) is 6.61 Å². The van der Waals surface area contributed by atoms with Crippen LogP contribution in [0.1, 0.15) is 13.3 Å². The maximum atomic E-state index is 8.00. The normalized spacial score (nSPS) is 8.70. The van der Waals surface area contributed by atoms with Crippen molar-refractivity contribution in [1.29, 1.82) is 0 Å². The molecule has 0 aliphatic heterocycles. The molecule has 10 heavy (non-hydrogen) atoms. The third-order valence-electron chi connectivity index (χ3n) is 0.674. The molecule has 0 aromatic carbocycles. The first kappa shape index (κ1) is 12.1. The lowest BCUT2D eigenvalue weighted by Crippen LogP contribution is -1.71. The lowest BCUT2D eigenvalue weighted by atomic mass is 10.5. The number of aliphatic hydroxyl groups excluding tert-OH is 2. The van der Waals surface area contributed by atoms with Crippen LogP contribution in [-0.4, -0.2) is 23.4 Å². The minimum atomic E-state index is 0.163. The lowest BCUT2D eigenvalue weighted by molar-refractivity contribution is 0.303. The maximum Gasteiger partial charge on any atom is 0.0612 e. The van der Waals surface area contributed by atoms with Gasteiger partial charge in [0.15, 0.2) is 0 Å². The van der Waals surface area contributed by atoms with E-state index in [0.29, 0.717) is 6.42 Å². The van der Waals surface area contributed by atoms with Gasteiger partial charge in [-0.15, -0.1) is 6.58 Å². The topological polar surface area (TPSA) is 40.5 Å². The van der Waals surface area contributed by atoms with Crippen molar-refractivity contribution in [3.8, 4) is 0 Å². The van der Waals surface area contributed by atoms with E-state index in [4.69, 9.17) is 10.2 Å². The summed E-state index contributed by atoms with van der Waals surface area (Å²) in [5, 5.41) is 16.0. The van der Waals surface area contributed by atoms with Crippen LogP contribution in [0.5, 0.6) is 0 Å². The van der Waals surface area contributed by atoms with E-state index in [1.54, 1.807) is 18.2 Å². The summed E-state index contributed by atoms with van der Waals surface area (Å²) in [4.78, 5) is 0. The van der Waals surface area contributed by atoms with Crippen molar-refractivity contribution in [3.63, 3.8) is 0 Å². The van der Waals surface area contributed by atoms with Crippen LogP contribution in [0.4, 0.5) is 0 Å². The molecule has 0 aromatic heterocycles. The molecule has 0 aromatic rings. The number of hydrogen-bond acceptors (Lipinski definition) is 2. The van der Waals surface area contributed by atoms with Gasteiger partial charge in [0.1, 0.15) is 0 Å². The highest BCUT2D eigenvalue weighted by atomic mass is 16.3. The van der Waals surface area contributed by atoms with Gasteiger partial charge in [0.05, 0.1) is 6.61 Å². The van der Waals surface area contributed by atoms with Crippen molar-refractivity contribution < 1.29 is 10.2 Å². The fourth-order valence-electron chi connectivity index (χ4n) is 0.197. The summed E-state index contributed by atoms with van der Waals surface area (Å²) in [5.74, 6) is 0. The van der Waals surface area contributed by atoms with Crippen LogP contribution in [-0.2, 0) is 0 Å². The van der Waals surface area contributed by atoms with E-state index >= 15 is 0 Å². The van der Waals surface area contributed by atoms with Crippen molar-refractivity contribution in [1.82, 2.24) is 0 Å². The molecule has 0 amide bonds. The molecular formula is C8H16O2. The molecule has 0 spiro atoms. The summed E-state index contributed by atoms with van der Waals surface area (Å²) in [5.41, 5.74) is 0. The zero-order chi connectivity index (χ0) is 8.24. The number of rotatable bonds is 3. The predicted octanol–water partition coefficient (Wildman–Crippen LogP) is 1.11. The molecule has 0 rings (SSSR count). The fourth-order valence-corrected chi connectivity index (χ4v) is 0.197. The number of aliphatic hydroxyl groups is 2. The van der Waals surface area contributed by atoms with Gasteiger partial charge in [-0.3, -0.25) is 0 Å². The van der Waals surface area contributed by atoms with Gasteiger partial charge < -0.3 is 10.2 Å². The Morgan fingerprint density at radius 2 is 2.00 bits per heavy atom. The first-order valence-electron chi connectivity index (χ1n) is 3.27. The summed E-state index contributed by atoms with van der Waals surface area (Å²) in [7, 11) is 0. The van der Waals surface area contributed by atoms with E-state index in [9.17, 15) is 0 Å². The number of allylic oxidation sites excluding steroid dienone is 1. The Labute approximate surface area is 62.5 Å². The Bertz CT molecular complexity index is 77.3. The Kier molecular flexibility index (Phi) is 19.1. The molecule has 2 heteroatoms. The standard InChI is InChI=1S/2C4H8O/c2*1-2-3-4-5/h2-3,5H,4H2,1H3;2,5H,1,3-4H2.